The number of hydrogen-bond acceptors (Lipinski definition) is 2. The second-order valence-electron chi connectivity index (χ2n) is 4.43. The van der Waals surface area contributed by atoms with Crippen molar-refractivity contribution in [3.8, 4) is 11.3 Å². The first-order valence-electron chi connectivity index (χ1n) is 5.94. The van der Waals surface area contributed by atoms with Gasteiger partial charge in [-0.15, -0.1) is 0 Å². The fourth-order valence-electron chi connectivity index (χ4n) is 2.14. The minimum Gasteiger partial charge on any atom is -0.456 e. The highest BCUT2D eigenvalue weighted by atomic mass is 35.5. The van der Waals surface area contributed by atoms with Gasteiger partial charge in [0.2, 0.25) is 0 Å². The van der Waals surface area contributed by atoms with E-state index in [4.69, 9.17) is 16.0 Å². The van der Waals surface area contributed by atoms with Gasteiger partial charge in [-0.25, -0.2) is 0 Å². The number of aryl methyl sites for hydroxylation is 1. The van der Waals surface area contributed by atoms with Crippen molar-refractivity contribution >= 4 is 22.6 Å². The fraction of sp³-hybridized carbons (Fsp3) is 0.0625. The topological polar surface area (TPSA) is 30.2 Å². The highest BCUT2D eigenvalue weighted by Crippen LogP contribution is 2.24. The van der Waals surface area contributed by atoms with Crippen molar-refractivity contribution in [2.24, 2.45) is 0 Å². The molecular weight excluding hydrogens is 260 g/mol. The first kappa shape index (κ1) is 12.0. The van der Waals surface area contributed by atoms with Gasteiger partial charge >= 0.3 is 0 Å². The number of halogens is 1. The van der Waals surface area contributed by atoms with Gasteiger partial charge in [-0.2, -0.15) is 0 Å². The van der Waals surface area contributed by atoms with Crippen LogP contribution in [-0.4, -0.2) is 0 Å². The van der Waals surface area contributed by atoms with E-state index in [1.165, 1.54) is 6.07 Å². The lowest BCUT2D eigenvalue weighted by molar-refractivity contribution is 0.618. The van der Waals surface area contributed by atoms with E-state index in [0.29, 0.717) is 21.8 Å². The van der Waals surface area contributed by atoms with E-state index in [-0.39, 0.29) is 5.43 Å². The predicted molar refractivity (Wildman–Crippen MR) is 77.7 cm³/mol. The summed E-state index contributed by atoms with van der Waals surface area (Å²) in [5, 5.41) is 1.29. The molecule has 0 aliphatic rings. The maximum atomic E-state index is 12.2. The lowest BCUT2D eigenvalue weighted by Crippen LogP contribution is -2.02. The number of rotatable bonds is 1. The summed E-state index contributed by atoms with van der Waals surface area (Å²) in [6, 6.07) is 14.3. The number of benzene rings is 2. The van der Waals surface area contributed by atoms with Crippen molar-refractivity contribution in [3.05, 3.63) is 69.3 Å². The SMILES string of the molecule is Cc1cccc2oc(-c3ccc(Cl)cc3)cc(=O)c12. The molecule has 2 aromatic carbocycles. The molecule has 0 bridgehead atoms. The number of fused-ring (bicyclic) bond motifs is 1. The van der Waals surface area contributed by atoms with Crippen LogP contribution in [0.1, 0.15) is 5.56 Å². The third-order valence-corrected chi connectivity index (χ3v) is 3.34. The highest BCUT2D eigenvalue weighted by Gasteiger charge is 2.08. The molecule has 0 fully saturated rings. The van der Waals surface area contributed by atoms with Crippen LogP contribution in [0.5, 0.6) is 0 Å². The Balaban J connectivity index is 2.27. The second kappa shape index (κ2) is 4.56. The van der Waals surface area contributed by atoms with Crippen molar-refractivity contribution in [2.75, 3.05) is 0 Å². The van der Waals surface area contributed by atoms with Crippen LogP contribution in [0, 0.1) is 6.92 Å². The minimum atomic E-state index is -0.0238. The van der Waals surface area contributed by atoms with Gasteiger partial charge in [0.15, 0.2) is 5.43 Å². The first-order valence-corrected chi connectivity index (χ1v) is 6.32. The summed E-state index contributed by atoms with van der Waals surface area (Å²) in [5.74, 6) is 0.555. The summed E-state index contributed by atoms with van der Waals surface area (Å²) in [5.41, 5.74) is 2.35. The van der Waals surface area contributed by atoms with Crippen molar-refractivity contribution in [1.29, 1.82) is 0 Å². The van der Waals surface area contributed by atoms with Crippen molar-refractivity contribution in [1.82, 2.24) is 0 Å². The largest absolute Gasteiger partial charge is 0.456 e. The molecule has 0 aliphatic heterocycles. The summed E-state index contributed by atoms with van der Waals surface area (Å²) >= 11 is 5.85. The lowest BCUT2D eigenvalue weighted by Gasteiger charge is -2.04. The molecule has 2 nitrogen and oxygen atoms in total. The third kappa shape index (κ3) is 2.15. The molecule has 0 spiro atoms. The predicted octanol–water partition coefficient (Wildman–Crippen LogP) is 4.42. The maximum Gasteiger partial charge on any atom is 0.193 e. The molecule has 0 N–H and O–H groups in total. The molecule has 3 heteroatoms. The van der Waals surface area contributed by atoms with Gasteiger partial charge in [-0.3, -0.25) is 4.79 Å². The van der Waals surface area contributed by atoms with Crippen LogP contribution in [0.15, 0.2) is 57.7 Å². The molecule has 3 aromatic rings. The highest BCUT2D eigenvalue weighted by molar-refractivity contribution is 6.30. The van der Waals surface area contributed by atoms with Crippen LogP contribution in [0.2, 0.25) is 5.02 Å². The van der Waals surface area contributed by atoms with E-state index in [2.05, 4.69) is 0 Å². The van der Waals surface area contributed by atoms with E-state index in [9.17, 15) is 4.79 Å². The van der Waals surface area contributed by atoms with Crippen LogP contribution < -0.4 is 5.43 Å². The Morgan fingerprint density at radius 2 is 1.79 bits per heavy atom. The van der Waals surface area contributed by atoms with Crippen molar-refractivity contribution < 1.29 is 4.42 Å². The van der Waals surface area contributed by atoms with Crippen molar-refractivity contribution in [3.63, 3.8) is 0 Å². The zero-order valence-electron chi connectivity index (χ0n) is 10.3. The summed E-state index contributed by atoms with van der Waals surface area (Å²) in [6.07, 6.45) is 0. The van der Waals surface area contributed by atoms with E-state index in [0.717, 1.165) is 11.1 Å². The molecule has 0 unspecified atom stereocenters. The van der Waals surface area contributed by atoms with Gasteiger partial charge in [0.1, 0.15) is 11.3 Å². The van der Waals surface area contributed by atoms with E-state index in [1.54, 1.807) is 12.1 Å². The van der Waals surface area contributed by atoms with Crippen LogP contribution in [0.3, 0.4) is 0 Å². The normalized spacial score (nSPS) is 10.8. The smallest absolute Gasteiger partial charge is 0.193 e. The first-order chi connectivity index (χ1) is 9.15. The molecule has 0 aliphatic carbocycles. The summed E-state index contributed by atoms with van der Waals surface area (Å²) < 4.78 is 5.81. The molecule has 1 aromatic heterocycles. The third-order valence-electron chi connectivity index (χ3n) is 3.09. The Hall–Kier alpha value is -2.06. The molecule has 3 rings (SSSR count). The van der Waals surface area contributed by atoms with Crippen molar-refractivity contribution in [2.45, 2.75) is 6.92 Å². The Morgan fingerprint density at radius 3 is 2.53 bits per heavy atom. The van der Waals surface area contributed by atoms with Crippen LogP contribution in [0.25, 0.3) is 22.3 Å². The average Bonchev–Trinajstić information content (AvgIpc) is 2.39. The zero-order chi connectivity index (χ0) is 13.4. The monoisotopic (exact) mass is 270 g/mol. The summed E-state index contributed by atoms with van der Waals surface area (Å²) in [6.45, 7) is 1.90. The average molecular weight is 271 g/mol. The van der Waals surface area contributed by atoms with Gasteiger partial charge in [0.05, 0.1) is 5.39 Å². The summed E-state index contributed by atoms with van der Waals surface area (Å²) in [7, 11) is 0. The Labute approximate surface area is 115 Å². The van der Waals surface area contributed by atoms with Gasteiger partial charge in [0, 0.05) is 16.7 Å². The Bertz CT molecular complexity index is 801. The molecule has 94 valence electrons. The van der Waals surface area contributed by atoms with Crippen LogP contribution in [0.4, 0.5) is 0 Å². The fourth-order valence-corrected chi connectivity index (χ4v) is 2.26. The molecule has 1 heterocycles. The molecule has 19 heavy (non-hydrogen) atoms. The molecule has 0 atom stereocenters. The molecule has 0 saturated carbocycles. The quantitative estimate of drug-likeness (QED) is 0.655. The van der Waals surface area contributed by atoms with Gasteiger partial charge in [-0.05, 0) is 42.8 Å². The van der Waals surface area contributed by atoms with Gasteiger partial charge in [-0.1, -0.05) is 23.7 Å². The Kier molecular flexibility index (Phi) is 2.88. The van der Waals surface area contributed by atoms with Gasteiger partial charge in [0.25, 0.3) is 0 Å². The Morgan fingerprint density at radius 1 is 1.05 bits per heavy atom. The number of hydrogen-bond donors (Lipinski definition) is 0. The van der Waals surface area contributed by atoms with E-state index in [1.807, 2.05) is 37.3 Å². The van der Waals surface area contributed by atoms with Gasteiger partial charge < -0.3 is 4.42 Å². The van der Waals surface area contributed by atoms with Crippen LogP contribution in [-0.2, 0) is 0 Å². The second-order valence-corrected chi connectivity index (χ2v) is 4.87. The maximum absolute atomic E-state index is 12.2. The standard InChI is InChI=1S/C16H11ClO2/c1-10-3-2-4-14-16(10)13(18)9-15(19-14)11-5-7-12(17)8-6-11/h2-9H,1H3. The van der Waals surface area contributed by atoms with E-state index < -0.39 is 0 Å². The lowest BCUT2D eigenvalue weighted by atomic mass is 10.1. The molecule has 0 saturated heterocycles. The zero-order valence-corrected chi connectivity index (χ0v) is 11.1. The van der Waals surface area contributed by atoms with Crippen LogP contribution >= 0.6 is 11.6 Å². The molecule has 0 radical (unpaired) electrons. The summed E-state index contributed by atoms with van der Waals surface area (Å²) in [4.78, 5) is 12.2. The molecule has 0 amide bonds. The molecular formula is C16H11ClO2. The van der Waals surface area contributed by atoms with E-state index >= 15 is 0 Å². The minimum absolute atomic E-state index is 0.0238.